The van der Waals surface area contributed by atoms with Crippen LogP contribution in [0.3, 0.4) is 0 Å². The second kappa shape index (κ2) is 12.1. The van der Waals surface area contributed by atoms with Crippen molar-refractivity contribution in [2.24, 2.45) is 0 Å². The third-order valence-electron chi connectivity index (χ3n) is 6.18. The van der Waals surface area contributed by atoms with Gasteiger partial charge in [0, 0.05) is 23.7 Å². The van der Waals surface area contributed by atoms with Crippen LogP contribution >= 0.6 is 0 Å². The molecule has 0 radical (unpaired) electrons. The molecule has 0 aliphatic rings. The number of hydrogen-bond donors (Lipinski definition) is 1. The summed E-state index contributed by atoms with van der Waals surface area (Å²) in [5.41, 5.74) is 4.48. The van der Waals surface area contributed by atoms with Crippen LogP contribution in [0.15, 0.2) is 95.5 Å². The lowest BCUT2D eigenvalue weighted by atomic mass is 10.2. The molecule has 39 heavy (non-hydrogen) atoms. The van der Waals surface area contributed by atoms with E-state index in [4.69, 9.17) is 19.0 Å². The SMILES string of the molecule is Cc1oc(-c2ccccc2)nc1COc1ccc(COc2nn(Cc3ccccc3)cc2CCC(=O)O)cc1. The average molecular weight is 524 g/mol. The highest BCUT2D eigenvalue weighted by molar-refractivity contribution is 5.67. The molecule has 0 aliphatic carbocycles. The Labute approximate surface area is 226 Å². The molecule has 0 spiro atoms. The molecule has 0 unspecified atom stereocenters. The number of aryl methyl sites for hydroxylation is 2. The fourth-order valence-electron chi connectivity index (χ4n) is 4.08. The standard InChI is InChI=1S/C31H29N3O5/c1-22-28(32-30(39-22)25-10-6-3-7-11-25)21-37-27-15-12-24(13-16-27)20-38-31-26(14-17-29(35)36)19-34(33-31)18-23-8-4-2-5-9-23/h2-13,15-16,19H,14,17-18,20-21H2,1H3,(H,35,36). The molecule has 3 aromatic carbocycles. The molecule has 0 bridgehead atoms. The van der Waals surface area contributed by atoms with Crippen molar-refractivity contribution in [1.29, 1.82) is 0 Å². The Morgan fingerprint density at radius 2 is 1.62 bits per heavy atom. The summed E-state index contributed by atoms with van der Waals surface area (Å²) in [6, 6.07) is 27.3. The predicted octanol–water partition coefficient (Wildman–Crippen LogP) is 6.07. The molecule has 8 nitrogen and oxygen atoms in total. The van der Waals surface area contributed by atoms with Gasteiger partial charge in [-0.25, -0.2) is 4.98 Å². The average Bonchev–Trinajstić information content (AvgIpc) is 3.53. The number of aromatic nitrogens is 3. The third kappa shape index (κ3) is 6.93. The molecule has 5 rings (SSSR count). The molecule has 0 aliphatic heterocycles. The van der Waals surface area contributed by atoms with Crippen molar-refractivity contribution < 1.29 is 23.8 Å². The molecule has 198 valence electrons. The van der Waals surface area contributed by atoms with Crippen molar-refractivity contribution >= 4 is 5.97 Å². The number of aliphatic carboxylic acids is 1. The number of rotatable bonds is 12. The number of nitrogens with zero attached hydrogens (tertiary/aromatic N) is 3. The number of carboxylic acid groups (broad SMARTS) is 1. The molecule has 1 N–H and O–H groups in total. The number of benzene rings is 3. The summed E-state index contributed by atoms with van der Waals surface area (Å²) in [6.45, 7) is 3.05. The molecule has 0 amide bonds. The Morgan fingerprint density at radius 3 is 2.33 bits per heavy atom. The molecule has 0 atom stereocenters. The summed E-state index contributed by atoms with van der Waals surface area (Å²) in [5.74, 6) is 1.60. The monoisotopic (exact) mass is 523 g/mol. The van der Waals surface area contributed by atoms with Gasteiger partial charge in [-0.05, 0) is 48.7 Å². The van der Waals surface area contributed by atoms with Gasteiger partial charge < -0.3 is 19.0 Å². The highest BCUT2D eigenvalue weighted by Gasteiger charge is 2.14. The number of carbonyl (C=O) groups is 1. The van der Waals surface area contributed by atoms with E-state index in [-0.39, 0.29) is 6.42 Å². The summed E-state index contributed by atoms with van der Waals surface area (Å²) >= 11 is 0. The topological polar surface area (TPSA) is 99.6 Å². The Balaban J connectivity index is 1.19. The van der Waals surface area contributed by atoms with Crippen molar-refractivity contribution in [3.63, 3.8) is 0 Å². The first-order chi connectivity index (χ1) is 19.0. The predicted molar refractivity (Wildman–Crippen MR) is 146 cm³/mol. The second-order valence-corrected chi connectivity index (χ2v) is 9.15. The Morgan fingerprint density at radius 1 is 0.897 bits per heavy atom. The second-order valence-electron chi connectivity index (χ2n) is 9.15. The van der Waals surface area contributed by atoms with Gasteiger partial charge in [0.25, 0.3) is 0 Å². The summed E-state index contributed by atoms with van der Waals surface area (Å²) in [5, 5.41) is 13.7. The zero-order valence-electron chi connectivity index (χ0n) is 21.6. The Bertz CT molecular complexity index is 1510. The van der Waals surface area contributed by atoms with E-state index in [0.29, 0.717) is 43.7 Å². The quantitative estimate of drug-likeness (QED) is 0.212. The molecule has 2 heterocycles. The molecule has 8 heteroatoms. The van der Waals surface area contributed by atoms with E-state index < -0.39 is 5.97 Å². The molecule has 5 aromatic rings. The van der Waals surface area contributed by atoms with E-state index in [0.717, 1.165) is 33.7 Å². The van der Waals surface area contributed by atoms with Gasteiger partial charge >= 0.3 is 5.97 Å². The highest BCUT2D eigenvalue weighted by Crippen LogP contribution is 2.24. The van der Waals surface area contributed by atoms with Crippen LogP contribution in [0.4, 0.5) is 0 Å². The van der Waals surface area contributed by atoms with Gasteiger partial charge in [-0.2, -0.15) is 0 Å². The zero-order valence-corrected chi connectivity index (χ0v) is 21.6. The lowest BCUT2D eigenvalue weighted by Gasteiger charge is -2.08. The van der Waals surface area contributed by atoms with Gasteiger partial charge in [0.05, 0.1) is 6.54 Å². The lowest BCUT2D eigenvalue weighted by molar-refractivity contribution is -0.136. The molecule has 0 saturated carbocycles. The normalized spacial score (nSPS) is 10.9. The Kier molecular flexibility index (Phi) is 8.02. The van der Waals surface area contributed by atoms with E-state index in [2.05, 4.69) is 10.1 Å². The van der Waals surface area contributed by atoms with Gasteiger partial charge in [-0.1, -0.05) is 60.7 Å². The minimum Gasteiger partial charge on any atom is -0.487 e. The van der Waals surface area contributed by atoms with E-state index in [1.807, 2.05) is 98.0 Å². The van der Waals surface area contributed by atoms with Crippen LogP contribution in [0.25, 0.3) is 11.5 Å². The van der Waals surface area contributed by atoms with E-state index in [1.54, 1.807) is 4.68 Å². The minimum absolute atomic E-state index is 0.0112. The maximum Gasteiger partial charge on any atom is 0.303 e. The smallest absolute Gasteiger partial charge is 0.303 e. The first-order valence-corrected chi connectivity index (χ1v) is 12.7. The van der Waals surface area contributed by atoms with Crippen LogP contribution in [-0.4, -0.2) is 25.8 Å². The summed E-state index contributed by atoms with van der Waals surface area (Å²) < 4.78 is 19.5. The first kappa shape index (κ1) is 25.8. The number of carboxylic acids is 1. The Hall–Kier alpha value is -4.85. The van der Waals surface area contributed by atoms with Crippen LogP contribution in [0.5, 0.6) is 11.6 Å². The third-order valence-corrected chi connectivity index (χ3v) is 6.18. The van der Waals surface area contributed by atoms with Gasteiger partial charge in [-0.15, -0.1) is 5.10 Å². The van der Waals surface area contributed by atoms with Crippen molar-refractivity contribution in [2.45, 2.75) is 39.5 Å². The van der Waals surface area contributed by atoms with E-state index in [9.17, 15) is 4.79 Å². The zero-order chi connectivity index (χ0) is 27.0. The van der Waals surface area contributed by atoms with Crippen molar-refractivity contribution in [3.8, 4) is 23.1 Å². The van der Waals surface area contributed by atoms with Gasteiger partial charge in [-0.3, -0.25) is 9.48 Å². The van der Waals surface area contributed by atoms with Crippen molar-refractivity contribution in [3.05, 3.63) is 119 Å². The van der Waals surface area contributed by atoms with Crippen LogP contribution in [-0.2, 0) is 31.0 Å². The van der Waals surface area contributed by atoms with E-state index >= 15 is 0 Å². The molecule has 2 aromatic heterocycles. The maximum atomic E-state index is 11.1. The largest absolute Gasteiger partial charge is 0.487 e. The minimum atomic E-state index is -0.857. The number of oxazole rings is 1. The van der Waals surface area contributed by atoms with E-state index in [1.165, 1.54) is 0 Å². The van der Waals surface area contributed by atoms with Crippen LogP contribution in [0.1, 0.15) is 34.6 Å². The lowest BCUT2D eigenvalue weighted by Crippen LogP contribution is -2.02. The fraction of sp³-hybridized carbons (Fsp3) is 0.194. The highest BCUT2D eigenvalue weighted by atomic mass is 16.5. The fourth-order valence-corrected chi connectivity index (χ4v) is 4.08. The van der Waals surface area contributed by atoms with Crippen LogP contribution in [0.2, 0.25) is 0 Å². The number of ether oxygens (including phenoxy) is 2. The summed E-state index contributed by atoms with van der Waals surface area (Å²) in [6.07, 6.45) is 2.22. The van der Waals surface area contributed by atoms with Crippen molar-refractivity contribution in [1.82, 2.24) is 14.8 Å². The van der Waals surface area contributed by atoms with Gasteiger partial charge in [0.2, 0.25) is 11.8 Å². The van der Waals surface area contributed by atoms with Gasteiger partial charge in [0.1, 0.15) is 30.4 Å². The summed E-state index contributed by atoms with van der Waals surface area (Å²) in [7, 11) is 0. The summed E-state index contributed by atoms with van der Waals surface area (Å²) in [4.78, 5) is 15.7. The molecule has 0 saturated heterocycles. The van der Waals surface area contributed by atoms with Crippen LogP contribution < -0.4 is 9.47 Å². The van der Waals surface area contributed by atoms with Crippen molar-refractivity contribution in [2.75, 3.05) is 0 Å². The first-order valence-electron chi connectivity index (χ1n) is 12.7. The molecular formula is C31H29N3O5. The van der Waals surface area contributed by atoms with Gasteiger partial charge in [0.15, 0.2) is 0 Å². The molecule has 0 fully saturated rings. The molecular weight excluding hydrogens is 494 g/mol. The number of hydrogen-bond acceptors (Lipinski definition) is 6. The van der Waals surface area contributed by atoms with Crippen LogP contribution in [0, 0.1) is 6.92 Å². The maximum absolute atomic E-state index is 11.1.